The van der Waals surface area contributed by atoms with E-state index in [9.17, 15) is 4.79 Å². The smallest absolute Gasteiger partial charge is 0.308 e. The molecule has 1 aromatic carbocycles. The van der Waals surface area contributed by atoms with Gasteiger partial charge in [-0.3, -0.25) is 4.79 Å². The lowest BCUT2D eigenvalue weighted by molar-refractivity contribution is -0.136. The molecule has 0 radical (unpaired) electrons. The summed E-state index contributed by atoms with van der Waals surface area (Å²) in [6.45, 7) is 0. The van der Waals surface area contributed by atoms with Crippen molar-refractivity contribution >= 4 is 11.7 Å². The highest BCUT2D eigenvalue weighted by Gasteiger charge is 2.15. The second kappa shape index (κ2) is 4.33. The van der Waals surface area contributed by atoms with Gasteiger partial charge in [0, 0.05) is 11.3 Å². The monoisotopic (exact) mass is 206 g/mol. The van der Waals surface area contributed by atoms with Gasteiger partial charge in [-0.05, 0) is 12.1 Å². The number of benzene rings is 1. The standard InChI is InChI=1S/C10H10N2O3/c1-15-10-6(5-11)2-3-8(12)7(10)4-9(13)14/h2-3H,4,12H2,1H3,(H,13,14). The van der Waals surface area contributed by atoms with Gasteiger partial charge in [-0.25, -0.2) is 0 Å². The molecule has 15 heavy (non-hydrogen) atoms. The Balaban J connectivity index is 3.33. The molecule has 0 bridgehead atoms. The van der Waals surface area contributed by atoms with Crippen molar-refractivity contribution in [2.24, 2.45) is 0 Å². The number of nitrogen functional groups attached to an aromatic ring is 1. The van der Waals surface area contributed by atoms with Gasteiger partial charge in [0.25, 0.3) is 0 Å². The Bertz CT molecular complexity index is 435. The summed E-state index contributed by atoms with van der Waals surface area (Å²) in [7, 11) is 1.38. The van der Waals surface area contributed by atoms with Crippen molar-refractivity contribution in [1.29, 1.82) is 5.26 Å². The topological polar surface area (TPSA) is 96.3 Å². The molecule has 0 aliphatic heterocycles. The van der Waals surface area contributed by atoms with Crippen LogP contribution in [0.3, 0.4) is 0 Å². The molecule has 0 aliphatic carbocycles. The molecule has 0 aliphatic rings. The van der Waals surface area contributed by atoms with E-state index >= 15 is 0 Å². The van der Waals surface area contributed by atoms with Crippen molar-refractivity contribution in [1.82, 2.24) is 0 Å². The van der Waals surface area contributed by atoms with Gasteiger partial charge in [-0.2, -0.15) is 5.26 Å². The number of ether oxygens (including phenoxy) is 1. The molecule has 5 nitrogen and oxygen atoms in total. The zero-order valence-electron chi connectivity index (χ0n) is 8.15. The molecule has 5 heteroatoms. The average molecular weight is 206 g/mol. The molecule has 1 aromatic rings. The Morgan fingerprint density at radius 1 is 1.67 bits per heavy atom. The summed E-state index contributed by atoms with van der Waals surface area (Å²) in [5.74, 6) is -0.782. The first-order chi connectivity index (χ1) is 7.10. The summed E-state index contributed by atoms with van der Waals surface area (Å²) in [4.78, 5) is 10.6. The van der Waals surface area contributed by atoms with Crippen LogP contribution in [0.15, 0.2) is 12.1 Å². The van der Waals surface area contributed by atoms with Crippen LogP contribution in [0.4, 0.5) is 5.69 Å². The number of aliphatic carboxylic acids is 1. The van der Waals surface area contributed by atoms with Gasteiger partial charge in [0.1, 0.15) is 11.8 Å². The fraction of sp³-hybridized carbons (Fsp3) is 0.200. The zero-order valence-corrected chi connectivity index (χ0v) is 8.15. The first-order valence-corrected chi connectivity index (χ1v) is 4.17. The Labute approximate surface area is 86.7 Å². The van der Waals surface area contributed by atoms with Crippen molar-refractivity contribution in [3.63, 3.8) is 0 Å². The number of carboxylic acids is 1. The predicted molar refractivity (Wildman–Crippen MR) is 53.5 cm³/mol. The second-order valence-electron chi connectivity index (χ2n) is 2.90. The number of nitrogens with two attached hydrogens (primary N) is 1. The van der Waals surface area contributed by atoms with Crippen LogP contribution >= 0.6 is 0 Å². The Morgan fingerprint density at radius 3 is 2.80 bits per heavy atom. The maximum Gasteiger partial charge on any atom is 0.308 e. The van der Waals surface area contributed by atoms with Gasteiger partial charge in [-0.1, -0.05) is 0 Å². The number of hydrogen-bond acceptors (Lipinski definition) is 4. The molecule has 0 unspecified atom stereocenters. The highest BCUT2D eigenvalue weighted by atomic mass is 16.5. The van der Waals surface area contributed by atoms with Gasteiger partial charge < -0.3 is 15.6 Å². The molecule has 0 heterocycles. The number of nitrogens with zero attached hydrogens (tertiary/aromatic N) is 1. The largest absolute Gasteiger partial charge is 0.495 e. The van der Waals surface area contributed by atoms with E-state index in [1.165, 1.54) is 19.2 Å². The third kappa shape index (κ3) is 2.17. The molecular weight excluding hydrogens is 196 g/mol. The van der Waals surface area contributed by atoms with E-state index in [1.807, 2.05) is 6.07 Å². The van der Waals surface area contributed by atoms with Crippen molar-refractivity contribution in [3.8, 4) is 11.8 Å². The average Bonchev–Trinajstić information content (AvgIpc) is 2.20. The van der Waals surface area contributed by atoms with E-state index in [-0.39, 0.29) is 17.7 Å². The Morgan fingerprint density at radius 2 is 2.33 bits per heavy atom. The molecular formula is C10H10N2O3. The van der Waals surface area contributed by atoms with Crippen molar-refractivity contribution < 1.29 is 14.6 Å². The molecule has 0 amide bonds. The fourth-order valence-corrected chi connectivity index (χ4v) is 1.30. The highest BCUT2D eigenvalue weighted by Crippen LogP contribution is 2.28. The summed E-state index contributed by atoms with van der Waals surface area (Å²) in [5.41, 5.74) is 6.55. The Hall–Kier alpha value is -2.22. The van der Waals surface area contributed by atoms with E-state index in [4.69, 9.17) is 20.8 Å². The lowest BCUT2D eigenvalue weighted by Crippen LogP contribution is -2.07. The molecule has 0 aromatic heterocycles. The molecule has 0 saturated carbocycles. The van der Waals surface area contributed by atoms with Gasteiger partial charge in [0.2, 0.25) is 0 Å². The molecule has 0 saturated heterocycles. The normalized spacial score (nSPS) is 9.33. The minimum atomic E-state index is -1.02. The van der Waals surface area contributed by atoms with E-state index in [0.717, 1.165) is 0 Å². The maximum atomic E-state index is 10.6. The second-order valence-corrected chi connectivity index (χ2v) is 2.90. The Kier molecular flexibility index (Phi) is 3.13. The number of carboxylic acid groups (broad SMARTS) is 1. The minimum Gasteiger partial charge on any atom is -0.495 e. The van der Waals surface area contributed by atoms with Gasteiger partial charge in [-0.15, -0.1) is 0 Å². The third-order valence-corrected chi connectivity index (χ3v) is 1.95. The number of anilines is 1. The van der Waals surface area contributed by atoms with Gasteiger partial charge in [0.15, 0.2) is 0 Å². The van der Waals surface area contributed by atoms with Crippen molar-refractivity contribution in [3.05, 3.63) is 23.3 Å². The molecule has 78 valence electrons. The molecule has 0 spiro atoms. The predicted octanol–water partition coefficient (Wildman–Crippen LogP) is 0.776. The minimum absolute atomic E-state index is 0.236. The van der Waals surface area contributed by atoms with E-state index < -0.39 is 5.97 Å². The highest BCUT2D eigenvalue weighted by molar-refractivity contribution is 5.76. The van der Waals surface area contributed by atoms with Crippen LogP contribution in [0.5, 0.6) is 5.75 Å². The number of rotatable bonds is 3. The first-order valence-electron chi connectivity index (χ1n) is 4.17. The molecule has 0 atom stereocenters. The van der Waals surface area contributed by atoms with Crippen LogP contribution in [0.2, 0.25) is 0 Å². The van der Waals surface area contributed by atoms with Crippen LogP contribution in [-0.4, -0.2) is 18.2 Å². The van der Waals surface area contributed by atoms with E-state index in [0.29, 0.717) is 11.3 Å². The number of carbonyl (C=O) groups is 1. The lowest BCUT2D eigenvalue weighted by Gasteiger charge is -2.10. The maximum absolute atomic E-state index is 10.6. The van der Waals surface area contributed by atoms with Crippen LogP contribution in [0.1, 0.15) is 11.1 Å². The number of hydrogen-bond donors (Lipinski definition) is 2. The fourth-order valence-electron chi connectivity index (χ4n) is 1.30. The summed E-state index contributed by atoms with van der Waals surface area (Å²) in [6, 6.07) is 4.91. The van der Waals surface area contributed by atoms with E-state index in [2.05, 4.69) is 0 Å². The van der Waals surface area contributed by atoms with Crippen LogP contribution < -0.4 is 10.5 Å². The zero-order chi connectivity index (χ0) is 11.4. The summed E-state index contributed by atoms with van der Waals surface area (Å²) < 4.78 is 4.98. The summed E-state index contributed by atoms with van der Waals surface area (Å²) >= 11 is 0. The van der Waals surface area contributed by atoms with Crippen molar-refractivity contribution in [2.75, 3.05) is 12.8 Å². The SMILES string of the molecule is COc1c(C#N)ccc(N)c1CC(=O)O. The van der Waals surface area contributed by atoms with Gasteiger partial charge in [0.05, 0.1) is 19.1 Å². The summed E-state index contributed by atoms with van der Waals surface area (Å²) in [6.07, 6.45) is -0.259. The first kappa shape index (κ1) is 10.9. The third-order valence-electron chi connectivity index (χ3n) is 1.95. The van der Waals surface area contributed by atoms with Gasteiger partial charge >= 0.3 is 5.97 Å². The number of nitriles is 1. The van der Waals surface area contributed by atoms with Crippen molar-refractivity contribution in [2.45, 2.75) is 6.42 Å². The molecule has 3 N–H and O–H groups in total. The van der Waals surface area contributed by atoms with Crippen LogP contribution in [-0.2, 0) is 11.2 Å². The summed E-state index contributed by atoms with van der Waals surface area (Å²) in [5, 5.41) is 17.5. The lowest BCUT2D eigenvalue weighted by atomic mass is 10.0. The molecule has 0 fully saturated rings. The number of methoxy groups -OCH3 is 1. The van der Waals surface area contributed by atoms with E-state index in [1.54, 1.807) is 0 Å². The quantitative estimate of drug-likeness (QED) is 0.712. The van der Waals surface area contributed by atoms with Crippen LogP contribution in [0.25, 0.3) is 0 Å². The molecule has 1 rings (SSSR count). The van der Waals surface area contributed by atoms with Crippen LogP contribution in [0, 0.1) is 11.3 Å².